The number of alkyl halides is 1. The van der Waals surface area contributed by atoms with Crippen LogP contribution >= 0.6 is 0 Å². The Hall–Kier alpha value is -3.90. The molecule has 42 heavy (non-hydrogen) atoms. The molecular weight excluding hydrogens is 562 g/mol. The highest BCUT2D eigenvalue weighted by atomic mass is 32.2. The highest BCUT2D eigenvalue weighted by Crippen LogP contribution is 2.47. The van der Waals surface area contributed by atoms with Gasteiger partial charge in [0.2, 0.25) is 15.9 Å². The molecule has 2 aliphatic rings. The topological polar surface area (TPSA) is 118 Å². The number of pyridine rings is 1. The standard InChI is InChI=1S/C30H32F2N6O3S/c1-18-25(32)27(38-42(39,40)17-30(2)8-9-30)22-5-3-4-6-23(22)28(18)41-29-26(35-11-12-36-29)19-7-10-34-24(13-19)37-21-14-20(31)15-33-16-21/h3-7,10-13,20-21,33,38H,8-9,14-17H2,1-2H3,(H,34,37)/t20-,21-/m0/s1. The van der Waals surface area contributed by atoms with Crippen LogP contribution in [0.25, 0.3) is 22.0 Å². The van der Waals surface area contributed by atoms with E-state index in [1.54, 1.807) is 42.6 Å². The number of benzene rings is 2. The van der Waals surface area contributed by atoms with Crippen molar-refractivity contribution in [2.24, 2.45) is 5.41 Å². The normalized spacial score (nSPS) is 19.8. The summed E-state index contributed by atoms with van der Waals surface area (Å²) in [5.74, 6) is 0.107. The van der Waals surface area contributed by atoms with Crippen molar-refractivity contribution in [1.82, 2.24) is 20.3 Å². The number of nitrogens with one attached hydrogen (secondary N) is 3. The molecule has 3 N–H and O–H groups in total. The molecule has 1 aliphatic carbocycles. The minimum Gasteiger partial charge on any atom is -0.436 e. The molecule has 1 aliphatic heterocycles. The third-order valence-corrected chi connectivity index (χ3v) is 9.37. The van der Waals surface area contributed by atoms with E-state index in [2.05, 4.69) is 30.3 Å². The molecule has 0 unspecified atom stereocenters. The minimum atomic E-state index is -3.78. The first-order valence-electron chi connectivity index (χ1n) is 13.9. The smallest absolute Gasteiger partial charge is 0.246 e. The summed E-state index contributed by atoms with van der Waals surface area (Å²) < 4.78 is 64.5. The minimum absolute atomic E-state index is 0.0670. The summed E-state index contributed by atoms with van der Waals surface area (Å²) in [5.41, 5.74) is 0.806. The molecule has 2 aromatic carbocycles. The second-order valence-electron chi connectivity index (χ2n) is 11.4. The number of hydrogen-bond acceptors (Lipinski definition) is 8. The zero-order valence-corrected chi connectivity index (χ0v) is 24.1. The Kier molecular flexibility index (Phi) is 7.44. The van der Waals surface area contributed by atoms with Crippen LogP contribution in [0, 0.1) is 18.2 Å². The van der Waals surface area contributed by atoms with Crippen molar-refractivity contribution in [3.05, 3.63) is 66.4 Å². The van der Waals surface area contributed by atoms with Gasteiger partial charge in [-0.15, -0.1) is 0 Å². The van der Waals surface area contributed by atoms with Gasteiger partial charge in [0.25, 0.3) is 0 Å². The lowest BCUT2D eigenvalue weighted by Gasteiger charge is -2.26. The summed E-state index contributed by atoms with van der Waals surface area (Å²) in [6.45, 7) is 4.41. The van der Waals surface area contributed by atoms with Crippen LogP contribution in [0.5, 0.6) is 11.6 Å². The van der Waals surface area contributed by atoms with E-state index in [4.69, 9.17) is 4.74 Å². The molecule has 12 heteroatoms. The predicted octanol–water partition coefficient (Wildman–Crippen LogP) is 5.59. The molecule has 0 radical (unpaired) electrons. The number of piperidine rings is 1. The Morgan fingerprint density at radius 3 is 2.60 bits per heavy atom. The lowest BCUT2D eigenvalue weighted by Crippen LogP contribution is -2.44. The van der Waals surface area contributed by atoms with E-state index >= 15 is 4.39 Å². The van der Waals surface area contributed by atoms with E-state index in [0.29, 0.717) is 47.4 Å². The number of fused-ring (bicyclic) bond motifs is 1. The number of nitrogens with zero attached hydrogens (tertiary/aromatic N) is 3. The second kappa shape index (κ2) is 11.1. The molecule has 1 saturated heterocycles. The van der Waals surface area contributed by atoms with Gasteiger partial charge in [-0.3, -0.25) is 4.72 Å². The molecule has 3 heterocycles. The Morgan fingerprint density at radius 1 is 1.07 bits per heavy atom. The average Bonchev–Trinajstić information content (AvgIpc) is 3.69. The molecule has 0 amide bonds. The van der Waals surface area contributed by atoms with E-state index in [1.807, 2.05) is 6.92 Å². The summed E-state index contributed by atoms with van der Waals surface area (Å²) in [5, 5.41) is 7.22. The van der Waals surface area contributed by atoms with Crippen LogP contribution in [0.1, 0.15) is 31.7 Å². The lowest BCUT2D eigenvalue weighted by molar-refractivity contribution is 0.255. The van der Waals surface area contributed by atoms with Gasteiger partial charge in [0.1, 0.15) is 23.4 Å². The van der Waals surface area contributed by atoms with Crippen LogP contribution in [0.3, 0.4) is 0 Å². The molecule has 1 saturated carbocycles. The van der Waals surface area contributed by atoms with Gasteiger partial charge >= 0.3 is 0 Å². The Labute approximate surface area is 243 Å². The SMILES string of the molecule is Cc1c(F)c(NS(=O)(=O)CC2(C)CC2)c2ccccc2c1Oc1nccnc1-c1ccnc(N[C@@H]2CNC[C@@H](F)C2)c1. The van der Waals surface area contributed by atoms with Gasteiger partial charge in [0.05, 0.1) is 11.4 Å². The molecule has 2 aromatic heterocycles. The monoisotopic (exact) mass is 594 g/mol. The van der Waals surface area contributed by atoms with E-state index in [9.17, 15) is 12.8 Å². The average molecular weight is 595 g/mol. The summed E-state index contributed by atoms with van der Waals surface area (Å²) in [7, 11) is -3.78. The van der Waals surface area contributed by atoms with Crippen LogP contribution in [-0.2, 0) is 10.0 Å². The largest absolute Gasteiger partial charge is 0.436 e. The first kappa shape index (κ1) is 28.2. The van der Waals surface area contributed by atoms with Crippen LogP contribution in [0.4, 0.5) is 20.3 Å². The van der Waals surface area contributed by atoms with E-state index in [1.165, 1.54) is 19.3 Å². The zero-order valence-electron chi connectivity index (χ0n) is 23.3. The molecule has 9 nitrogen and oxygen atoms in total. The van der Waals surface area contributed by atoms with E-state index < -0.39 is 22.0 Å². The summed E-state index contributed by atoms with van der Waals surface area (Å²) in [6.07, 6.45) is 5.72. The number of ether oxygens (including phenoxy) is 1. The predicted molar refractivity (Wildman–Crippen MR) is 159 cm³/mol. The van der Waals surface area contributed by atoms with Gasteiger partial charge in [-0.05, 0) is 37.3 Å². The molecule has 2 fully saturated rings. The van der Waals surface area contributed by atoms with Crippen molar-refractivity contribution in [3.63, 3.8) is 0 Å². The van der Waals surface area contributed by atoms with E-state index in [0.717, 1.165) is 12.8 Å². The molecular formula is C30H32F2N6O3S. The highest BCUT2D eigenvalue weighted by molar-refractivity contribution is 7.92. The number of aromatic nitrogens is 3. The van der Waals surface area contributed by atoms with Crippen LogP contribution in [-0.4, -0.2) is 54.4 Å². The number of hydrogen-bond donors (Lipinski definition) is 3. The Balaban J connectivity index is 1.34. The maximum absolute atomic E-state index is 15.9. The maximum atomic E-state index is 15.9. The second-order valence-corrected chi connectivity index (χ2v) is 13.2. The number of halogens is 2. The lowest BCUT2D eigenvalue weighted by atomic mass is 10.0. The molecule has 220 valence electrons. The maximum Gasteiger partial charge on any atom is 0.246 e. The summed E-state index contributed by atoms with van der Waals surface area (Å²) in [6, 6.07) is 10.3. The van der Waals surface area contributed by atoms with Crippen molar-refractivity contribution in [3.8, 4) is 22.9 Å². The van der Waals surface area contributed by atoms with Gasteiger partial charge < -0.3 is 15.4 Å². The van der Waals surface area contributed by atoms with E-state index in [-0.39, 0.29) is 40.1 Å². The number of rotatable bonds is 9. The summed E-state index contributed by atoms with van der Waals surface area (Å²) >= 11 is 0. The Morgan fingerprint density at radius 2 is 1.83 bits per heavy atom. The third kappa shape index (κ3) is 6.00. The van der Waals surface area contributed by atoms with Gasteiger partial charge in [-0.25, -0.2) is 32.2 Å². The van der Waals surface area contributed by atoms with Crippen molar-refractivity contribution in [2.45, 2.75) is 45.3 Å². The molecule has 0 spiro atoms. The molecule has 4 aromatic rings. The van der Waals surface area contributed by atoms with Crippen molar-refractivity contribution < 1.29 is 21.9 Å². The van der Waals surface area contributed by atoms with Crippen LogP contribution < -0.4 is 20.1 Å². The third-order valence-electron chi connectivity index (χ3n) is 7.78. The van der Waals surface area contributed by atoms with Gasteiger partial charge in [-0.1, -0.05) is 31.2 Å². The fourth-order valence-corrected chi connectivity index (χ4v) is 7.09. The highest BCUT2D eigenvalue weighted by Gasteiger charge is 2.42. The summed E-state index contributed by atoms with van der Waals surface area (Å²) in [4.78, 5) is 13.2. The van der Waals surface area contributed by atoms with Crippen molar-refractivity contribution in [2.75, 3.05) is 28.9 Å². The Bertz CT molecular complexity index is 1750. The van der Waals surface area contributed by atoms with Crippen molar-refractivity contribution in [1.29, 1.82) is 0 Å². The fourth-order valence-electron chi connectivity index (χ4n) is 5.31. The first-order chi connectivity index (χ1) is 20.1. The van der Waals surface area contributed by atoms with Gasteiger partial charge in [0.15, 0.2) is 5.82 Å². The molecule has 6 rings (SSSR count). The molecule has 0 bridgehead atoms. The van der Waals surface area contributed by atoms with Crippen LogP contribution in [0.2, 0.25) is 0 Å². The fraction of sp³-hybridized carbons (Fsp3) is 0.367. The molecule has 2 atom stereocenters. The van der Waals surface area contributed by atoms with Gasteiger partial charge in [-0.2, -0.15) is 0 Å². The quantitative estimate of drug-likeness (QED) is 0.230. The number of sulfonamides is 1. The number of anilines is 2. The van der Waals surface area contributed by atoms with Crippen LogP contribution in [0.15, 0.2) is 55.0 Å². The zero-order chi connectivity index (χ0) is 29.5. The van der Waals surface area contributed by atoms with Crippen molar-refractivity contribution >= 4 is 32.3 Å². The first-order valence-corrected chi connectivity index (χ1v) is 15.5. The van der Waals surface area contributed by atoms with Gasteiger partial charge in [0, 0.05) is 66.0 Å².